The van der Waals surface area contributed by atoms with Gasteiger partial charge in [0.15, 0.2) is 11.1 Å². The first-order valence-electron chi connectivity index (χ1n) is 10.9. The number of hydrogen-bond acceptors (Lipinski definition) is 4. The Morgan fingerprint density at radius 3 is 2.72 bits per heavy atom. The highest BCUT2D eigenvalue weighted by atomic mass is 32.1. The van der Waals surface area contributed by atoms with Crippen LogP contribution in [0.4, 0.5) is 5.13 Å². The van der Waals surface area contributed by atoms with Crippen molar-refractivity contribution in [2.45, 2.75) is 38.5 Å². The van der Waals surface area contributed by atoms with Gasteiger partial charge in [-0.15, -0.1) is 11.3 Å². The molecule has 2 aromatic rings. The van der Waals surface area contributed by atoms with Crippen molar-refractivity contribution in [2.75, 3.05) is 44.7 Å². The Morgan fingerprint density at radius 1 is 1.21 bits per heavy atom. The lowest BCUT2D eigenvalue weighted by Crippen LogP contribution is -2.48. The summed E-state index contributed by atoms with van der Waals surface area (Å²) in [6.45, 7) is 7.67. The van der Waals surface area contributed by atoms with E-state index in [-0.39, 0.29) is 0 Å². The van der Waals surface area contributed by atoms with Crippen LogP contribution in [-0.4, -0.2) is 55.6 Å². The highest BCUT2D eigenvalue weighted by molar-refractivity contribution is 7.13. The van der Waals surface area contributed by atoms with Crippen LogP contribution in [0, 0.1) is 5.92 Å². The number of aliphatic imine (C=N–C) groups is 1. The van der Waals surface area contributed by atoms with Crippen LogP contribution in [0.2, 0.25) is 0 Å². The van der Waals surface area contributed by atoms with Gasteiger partial charge < -0.3 is 15.1 Å². The summed E-state index contributed by atoms with van der Waals surface area (Å²) in [7, 11) is 1.89. The van der Waals surface area contributed by atoms with E-state index >= 15 is 0 Å². The van der Waals surface area contributed by atoms with Crippen molar-refractivity contribution in [3.05, 3.63) is 47.0 Å². The molecular weight excluding hydrogens is 378 g/mol. The molecule has 2 unspecified atom stereocenters. The minimum atomic E-state index is 0.617. The first kappa shape index (κ1) is 20.2. The smallest absolute Gasteiger partial charge is 0.193 e. The van der Waals surface area contributed by atoms with Crippen LogP contribution in [-0.2, 0) is 6.42 Å². The highest BCUT2D eigenvalue weighted by Gasteiger charge is 2.28. The van der Waals surface area contributed by atoms with E-state index in [1.54, 1.807) is 11.3 Å². The van der Waals surface area contributed by atoms with Gasteiger partial charge in [0.1, 0.15) is 0 Å². The Kier molecular flexibility index (Phi) is 6.70. The summed E-state index contributed by atoms with van der Waals surface area (Å²) in [6, 6.07) is 11.0. The van der Waals surface area contributed by atoms with Gasteiger partial charge in [0, 0.05) is 51.6 Å². The van der Waals surface area contributed by atoms with Crippen molar-refractivity contribution in [3.63, 3.8) is 0 Å². The van der Waals surface area contributed by atoms with E-state index in [9.17, 15) is 0 Å². The monoisotopic (exact) mass is 411 g/mol. The van der Waals surface area contributed by atoms with Crippen LogP contribution in [0.15, 0.2) is 40.7 Å². The Balaban J connectivity index is 1.26. The molecule has 0 radical (unpaired) electrons. The topological polar surface area (TPSA) is 43.8 Å². The SMILES string of the molecule is CN=C(NCCc1csc(N2CCCC2)n1)N1CCC(c2ccccc2)C(C)C1. The number of aromatic nitrogens is 1. The van der Waals surface area contributed by atoms with E-state index in [0.717, 1.165) is 45.1 Å². The van der Waals surface area contributed by atoms with Crippen molar-refractivity contribution in [3.8, 4) is 0 Å². The number of thiazole rings is 1. The number of rotatable bonds is 5. The molecule has 0 bridgehead atoms. The Labute approximate surface area is 178 Å². The molecule has 0 spiro atoms. The molecule has 2 fully saturated rings. The molecule has 1 N–H and O–H groups in total. The number of hydrogen-bond donors (Lipinski definition) is 1. The average Bonchev–Trinajstić information content (AvgIpc) is 3.44. The summed E-state index contributed by atoms with van der Waals surface area (Å²) in [5.41, 5.74) is 2.66. The summed E-state index contributed by atoms with van der Waals surface area (Å²) in [5.74, 6) is 2.29. The van der Waals surface area contributed by atoms with Crippen LogP contribution in [0.3, 0.4) is 0 Å². The predicted octanol–water partition coefficient (Wildman–Crippen LogP) is 3.99. The third kappa shape index (κ3) is 4.92. The molecule has 1 aromatic heterocycles. The van der Waals surface area contributed by atoms with Crippen LogP contribution in [0.5, 0.6) is 0 Å². The number of benzene rings is 1. The zero-order chi connectivity index (χ0) is 20.1. The van der Waals surface area contributed by atoms with Gasteiger partial charge in [-0.1, -0.05) is 37.3 Å². The normalized spacial score (nSPS) is 22.9. The lowest BCUT2D eigenvalue weighted by Gasteiger charge is -2.39. The average molecular weight is 412 g/mol. The van der Waals surface area contributed by atoms with E-state index in [4.69, 9.17) is 4.98 Å². The Hall–Kier alpha value is -2.08. The molecule has 1 aromatic carbocycles. The number of nitrogens with one attached hydrogen (secondary N) is 1. The summed E-state index contributed by atoms with van der Waals surface area (Å²) < 4.78 is 0. The van der Waals surface area contributed by atoms with Crippen LogP contribution >= 0.6 is 11.3 Å². The van der Waals surface area contributed by atoms with E-state index in [1.165, 1.54) is 35.7 Å². The molecule has 2 saturated heterocycles. The number of anilines is 1. The fourth-order valence-corrected chi connectivity index (χ4v) is 5.55. The molecule has 2 aliphatic rings. The molecule has 156 valence electrons. The van der Waals surface area contributed by atoms with E-state index in [1.807, 2.05) is 7.05 Å². The molecule has 2 aliphatic heterocycles. The third-order valence-corrected chi connectivity index (χ3v) is 7.18. The fraction of sp³-hybridized carbons (Fsp3) is 0.565. The zero-order valence-electron chi connectivity index (χ0n) is 17.7. The molecular formula is C23H33N5S. The predicted molar refractivity (Wildman–Crippen MR) is 123 cm³/mol. The van der Waals surface area contributed by atoms with Gasteiger partial charge in [-0.25, -0.2) is 4.98 Å². The lowest BCUT2D eigenvalue weighted by molar-refractivity contribution is 0.234. The number of guanidine groups is 1. The highest BCUT2D eigenvalue weighted by Crippen LogP contribution is 2.32. The molecule has 4 rings (SSSR count). The molecule has 3 heterocycles. The van der Waals surface area contributed by atoms with Gasteiger partial charge in [-0.05, 0) is 36.7 Å². The minimum Gasteiger partial charge on any atom is -0.356 e. The van der Waals surface area contributed by atoms with Crippen molar-refractivity contribution in [2.24, 2.45) is 10.9 Å². The van der Waals surface area contributed by atoms with E-state index in [2.05, 4.69) is 62.7 Å². The molecule has 6 heteroatoms. The van der Waals surface area contributed by atoms with Gasteiger partial charge in [0.25, 0.3) is 0 Å². The fourth-order valence-electron chi connectivity index (χ4n) is 4.63. The number of likely N-dealkylation sites (tertiary alicyclic amines) is 1. The van der Waals surface area contributed by atoms with E-state index in [0.29, 0.717) is 11.8 Å². The molecule has 2 atom stereocenters. The largest absolute Gasteiger partial charge is 0.356 e. The molecule has 29 heavy (non-hydrogen) atoms. The maximum Gasteiger partial charge on any atom is 0.193 e. The minimum absolute atomic E-state index is 0.617. The van der Waals surface area contributed by atoms with Crippen LogP contribution < -0.4 is 10.2 Å². The summed E-state index contributed by atoms with van der Waals surface area (Å²) in [6.07, 6.45) is 4.72. The second kappa shape index (κ2) is 9.61. The van der Waals surface area contributed by atoms with Crippen molar-refractivity contribution in [1.29, 1.82) is 0 Å². The van der Waals surface area contributed by atoms with Gasteiger partial charge in [-0.2, -0.15) is 0 Å². The maximum absolute atomic E-state index is 4.83. The van der Waals surface area contributed by atoms with Crippen LogP contribution in [0.25, 0.3) is 0 Å². The molecule has 0 saturated carbocycles. The van der Waals surface area contributed by atoms with Gasteiger partial charge in [0.05, 0.1) is 5.69 Å². The van der Waals surface area contributed by atoms with E-state index < -0.39 is 0 Å². The quantitative estimate of drug-likeness (QED) is 0.597. The van der Waals surface area contributed by atoms with Gasteiger partial charge in [0.2, 0.25) is 0 Å². The lowest BCUT2D eigenvalue weighted by atomic mass is 9.82. The van der Waals surface area contributed by atoms with Crippen molar-refractivity contribution >= 4 is 22.4 Å². The first-order valence-corrected chi connectivity index (χ1v) is 11.8. The second-order valence-corrected chi connectivity index (χ2v) is 9.11. The Bertz CT molecular complexity index is 797. The summed E-state index contributed by atoms with van der Waals surface area (Å²) >= 11 is 1.78. The van der Waals surface area contributed by atoms with Gasteiger partial charge >= 0.3 is 0 Å². The first-order chi connectivity index (χ1) is 14.2. The second-order valence-electron chi connectivity index (χ2n) is 8.27. The zero-order valence-corrected chi connectivity index (χ0v) is 18.5. The Morgan fingerprint density at radius 2 is 2.00 bits per heavy atom. The maximum atomic E-state index is 4.83. The third-order valence-electron chi connectivity index (χ3n) is 6.22. The van der Waals surface area contributed by atoms with Crippen molar-refractivity contribution < 1.29 is 0 Å². The molecule has 0 amide bonds. The summed E-state index contributed by atoms with van der Waals surface area (Å²) in [5, 5.41) is 6.98. The molecule has 0 aliphatic carbocycles. The van der Waals surface area contributed by atoms with Crippen LogP contribution in [0.1, 0.15) is 43.4 Å². The summed E-state index contributed by atoms with van der Waals surface area (Å²) in [4.78, 5) is 14.2. The standard InChI is InChI=1S/C23H33N5S/c1-18-16-28(15-11-21(18)19-8-4-3-5-9-19)22(24-2)25-12-10-20-17-29-23(26-20)27-13-6-7-14-27/h3-5,8-9,17-18,21H,6-7,10-16H2,1-2H3,(H,24,25). The number of nitrogens with zero attached hydrogens (tertiary/aromatic N) is 4. The molecule has 5 nitrogen and oxygen atoms in total. The van der Waals surface area contributed by atoms with Crippen molar-refractivity contribution in [1.82, 2.24) is 15.2 Å². The number of piperidine rings is 1. The van der Waals surface area contributed by atoms with Gasteiger partial charge in [-0.3, -0.25) is 4.99 Å².